The number of amides is 4. The fourth-order valence-electron chi connectivity index (χ4n) is 9.04. The van der Waals surface area contributed by atoms with Crippen LogP contribution in [0.15, 0.2) is 198 Å². The minimum Gasteiger partial charge on any atom is -0.477 e. The maximum Gasteiger partial charge on any atom is 0.416 e. The molecule has 0 radical (unpaired) electrons. The minimum absolute atomic E-state index is 0. The van der Waals surface area contributed by atoms with Crippen LogP contribution in [-0.2, 0) is 28.2 Å². The number of nitrogens with two attached hydrogens (primary N) is 1. The Morgan fingerprint density at radius 3 is 1.36 bits per heavy atom. The number of benzene rings is 2. The van der Waals surface area contributed by atoms with Crippen molar-refractivity contribution in [2.75, 3.05) is 32.9 Å². The Morgan fingerprint density at radius 1 is 0.566 bits per heavy atom. The number of carboxylic acids is 1. The molecule has 0 bridgehead atoms. The molecule has 0 atom stereocenters. The first-order valence-electron chi connectivity index (χ1n) is 37.1. The quantitative estimate of drug-likeness (QED) is 0.0136. The van der Waals surface area contributed by atoms with E-state index in [9.17, 15) is 38.1 Å². The van der Waals surface area contributed by atoms with Crippen LogP contribution >= 0.6 is 77.8 Å². The van der Waals surface area contributed by atoms with Gasteiger partial charge in [-0.05, 0) is 287 Å². The van der Waals surface area contributed by atoms with Crippen LogP contribution in [0.1, 0.15) is 179 Å². The summed E-state index contributed by atoms with van der Waals surface area (Å²) in [6.07, 6.45) is -1.84. The number of carboxylic acid groups (broad SMARTS) is 1. The number of carbonyl (C=O) groups excluding carboxylic acids is 5. The Kier molecular flexibility index (Phi) is 43.7. The maximum atomic E-state index is 12.8. The van der Waals surface area contributed by atoms with Crippen molar-refractivity contribution in [2.45, 2.75) is 199 Å². The van der Waals surface area contributed by atoms with E-state index in [1.54, 1.807) is 180 Å². The van der Waals surface area contributed by atoms with Gasteiger partial charge in [-0.2, -0.15) is 5.26 Å². The number of esters is 1. The fraction of sp³-hybridized carbons (Fsp3) is 0.365. The molecule has 0 unspecified atom stereocenters. The van der Waals surface area contributed by atoms with Crippen LogP contribution in [0.2, 0.25) is 0 Å². The summed E-state index contributed by atoms with van der Waals surface area (Å²) in [5.41, 5.74) is 13.0. The van der Waals surface area contributed by atoms with Crippen molar-refractivity contribution in [1.82, 2.24) is 34.9 Å². The second-order valence-corrected chi connectivity index (χ2v) is 37.6. The van der Waals surface area contributed by atoms with Crippen LogP contribution in [0.3, 0.4) is 0 Å². The average Bonchev–Trinajstić information content (AvgIpc) is 1.69. The number of fused-ring (bicyclic) bond motifs is 1. The molecule has 4 amide bonds. The molecule has 2 aromatic carbocycles. The number of anilines is 5. The Morgan fingerprint density at radius 2 is 0.975 bits per heavy atom. The lowest BCUT2D eigenvalue weighted by atomic mass is 10.2. The molecular weight excluding hydrogens is 1820 g/mol. The monoisotopic (exact) mass is 1920 g/mol. The molecule has 8 aromatic heterocycles. The highest BCUT2D eigenvalue weighted by Crippen LogP contribution is 2.45. The highest BCUT2D eigenvalue weighted by molar-refractivity contribution is 9.11. The molecule has 0 aliphatic rings. The minimum atomic E-state index is -3.22. The summed E-state index contributed by atoms with van der Waals surface area (Å²) >= 11 is 12.2. The standard InChI is InChI=1S/C19H22N4O3S.C14H19N3O2.C13H19BrN2O2.C12H10N3OP.C10H13BrN2O2.C6H4BrNO2.C6H7NO2S.C4H10O.CH4/c1-11(2)23(18(25)26-19(3,4)5)14-8-6-7-13(20-14)16-21-12-9-10-27-15(12)17(24)22-16;1-10(2)17(13(18)19-14(3,4)5)12-8-6-7-11(9-15)16-12;1-9(2)16(12(17)18-13(3,4)5)11-8-6-7-10(14)15-11;13-14-15-17(16,11-7-3-1-4-8-11)12-9-5-2-6-10-12;1-10(2,3)15-9(14)13-8-6-4-5-7(11)12-8;7-5-3-1-2-4(8-5)6(9)10;1-9-6(8)5-4(7)2-3-10-5;1-4(2,3)5;/h6-11H,1-5H3,(H,21,22,24);6-8,10H,1-5H3;6-9H,1-5H3;1-10H;4-6H,1-3H3,(H,12,13,14);1-3H,(H,9,10);2-3H,7H2,1H3;5H,1-3H3;1H4. The number of nitrogens with zero attached hydrogens (tertiary/aromatic N) is 13. The Balaban J connectivity index is 0.000000487. The predicted molar refractivity (Wildman–Crippen MR) is 494 cm³/mol. The van der Waals surface area contributed by atoms with Crippen molar-refractivity contribution in [3.8, 4) is 17.6 Å². The second kappa shape index (κ2) is 49.8. The molecule has 0 saturated carbocycles. The number of nitriles is 1. The summed E-state index contributed by atoms with van der Waals surface area (Å²) in [5.74, 6) is 0.870. The molecule has 0 fully saturated rings. The molecule has 10 aromatic rings. The van der Waals surface area contributed by atoms with Crippen LogP contribution < -0.4 is 41.9 Å². The van der Waals surface area contributed by atoms with Crippen LogP contribution in [0.4, 0.5) is 48.1 Å². The van der Waals surface area contributed by atoms with Gasteiger partial charge in [-0.1, -0.05) is 98.4 Å². The molecule has 6 N–H and O–H groups in total. The second-order valence-electron chi connectivity index (χ2n) is 31.0. The highest BCUT2D eigenvalue weighted by atomic mass is 79.9. The number of nitrogen functional groups attached to an aromatic ring is 1. The summed E-state index contributed by atoms with van der Waals surface area (Å²) in [5, 5.41) is 33.0. The number of nitrogens with one attached hydrogen (secondary N) is 2. The third kappa shape index (κ3) is 39.7. The van der Waals surface area contributed by atoms with Gasteiger partial charge < -0.3 is 49.2 Å². The molecule has 0 aliphatic heterocycles. The number of methoxy groups -OCH3 is 1. The van der Waals surface area contributed by atoms with Crippen LogP contribution in [-0.4, -0.2) is 135 Å². The van der Waals surface area contributed by atoms with Crippen LogP contribution in [0, 0.1) is 11.3 Å². The number of azide groups is 1. The van der Waals surface area contributed by atoms with Crippen molar-refractivity contribution in [2.24, 2.45) is 4.88 Å². The molecule has 0 saturated heterocycles. The van der Waals surface area contributed by atoms with E-state index in [-0.39, 0.29) is 54.6 Å². The number of pyridine rings is 5. The molecular formula is C85H108Br3N16O15PS2. The van der Waals surface area contributed by atoms with Gasteiger partial charge in [0.25, 0.3) is 5.56 Å². The zero-order chi connectivity index (χ0) is 91.6. The van der Waals surface area contributed by atoms with Crippen LogP contribution in [0.25, 0.3) is 32.2 Å². The lowest BCUT2D eigenvalue weighted by Crippen LogP contribution is -2.41. The lowest BCUT2D eigenvalue weighted by molar-refractivity contribution is 0.0557. The summed E-state index contributed by atoms with van der Waals surface area (Å²) in [7, 11) is -1.88. The average molecular weight is 1930 g/mol. The number of hydrogen-bond acceptors (Lipinski definition) is 24. The number of hydrogen-bond donors (Lipinski definition) is 5. The molecule has 8 heterocycles. The van der Waals surface area contributed by atoms with Crippen molar-refractivity contribution >= 4 is 164 Å². The van der Waals surface area contributed by atoms with Gasteiger partial charge in [0.15, 0.2) is 5.82 Å². The summed E-state index contributed by atoms with van der Waals surface area (Å²) in [4.78, 5) is 121. The van der Waals surface area contributed by atoms with Gasteiger partial charge in [0.2, 0.25) is 7.29 Å². The number of halogens is 3. The number of H-pyrrole nitrogens is 1. The van der Waals surface area contributed by atoms with Crippen molar-refractivity contribution in [3.05, 3.63) is 225 Å². The van der Waals surface area contributed by atoms with Gasteiger partial charge in [-0.15, -0.1) is 22.7 Å². The van der Waals surface area contributed by atoms with Crippen molar-refractivity contribution in [1.29, 1.82) is 5.26 Å². The van der Waals surface area contributed by atoms with E-state index < -0.39 is 59.5 Å². The van der Waals surface area contributed by atoms with Crippen molar-refractivity contribution in [3.63, 3.8) is 0 Å². The summed E-state index contributed by atoms with van der Waals surface area (Å²) < 4.78 is 41.0. The van der Waals surface area contributed by atoms with E-state index in [1.807, 2.05) is 140 Å². The van der Waals surface area contributed by atoms with Gasteiger partial charge in [0, 0.05) is 33.6 Å². The lowest BCUT2D eigenvalue weighted by Gasteiger charge is -2.29. The number of ether oxygens (including phenoxy) is 5. The smallest absolute Gasteiger partial charge is 0.416 e. The molecule has 10 rings (SSSR count). The molecule has 37 heteroatoms. The Labute approximate surface area is 745 Å². The summed E-state index contributed by atoms with van der Waals surface area (Å²) in [6.45, 7) is 38.4. The number of carbonyl (C=O) groups is 6. The Bertz CT molecular complexity index is 5200. The van der Waals surface area contributed by atoms with E-state index >= 15 is 0 Å². The zero-order valence-electron chi connectivity index (χ0n) is 71.5. The SMILES string of the molecule is C.CC(C)(C)O.CC(C)(C)OC(=O)Nc1cccc(Br)n1.CC(C)N(C(=O)OC(C)(C)C)c1cccc(-c2nc3ccsc3c(=O)[nH]2)n1.CC(C)N(C(=O)OC(C)(C)C)c1cccc(Br)n1.CC(C)N(C(=O)OC(C)(C)C)c1cccc(C#N)n1.COC(=O)c1sccc1N.O=C(O)c1cccc(Br)n1.[N-]=[N+]=NP(=O)(c1ccccc1)c1ccccc1. The molecule has 0 aliphatic carbocycles. The van der Waals surface area contributed by atoms with E-state index in [4.69, 9.17) is 45.7 Å². The third-order valence-corrected chi connectivity index (χ3v) is 19.1. The maximum absolute atomic E-state index is 12.8. The molecule has 122 heavy (non-hydrogen) atoms. The largest absolute Gasteiger partial charge is 0.477 e. The van der Waals surface area contributed by atoms with E-state index in [2.05, 4.69) is 103 Å². The predicted octanol–water partition coefficient (Wildman–Crippen LogP) is 21.8. The number of aromatic amines is 1. The Hall–Kier alpha value is -11.0. The number of aliphatic hydroxyl groups is 1. The van der Waals surface area contributed by atoms with Crippen LogP contribution in [0.5, 0.6) is 0 Å². The topological polar surface area (TPSA) is 437 Å². The first kappa shape index (κ1) is 107. The first-order chi connectivity index (χ1) is 56.2. The van der Waals surface area contributed by atoms with Gasteiger partial charge in [0.1, 0.15) is 92.2 Å². The molecule has 0 spiro atoms. The van der Waals surface area contributed by atoms with Gasteiger partial charge >= 0.3 is 36.3 Å². The number of aromatic nitrogens is 7. The first-order valence-corrected chi connectivity index (χ1v) is 42.9. The molecule has 31 nitrogen and oxygen atoms in total. The van der Waals surface area contributed by atoms with Gasteiger partial charge in [0.05, 0.1) is 23.9 Å². The van der Waals surface area contributed by atoms with Gasteiger partial charge in [-0.25, -0.2) is 58.7 Å². The third-order valence-electron chi connectivity index (χ3n) is 13.6. The van der Waals surface area contributed by atoms with E-state index in [1.165, 1.54) is 50.5 Å². The number of rotatable bonds is 13. The summed E-state index contributed by atoms with van der Waals surface area (Å²) in [6, 6.07) is 48.4. The number of thiophene rings is 2. The fourth-order valence-corrected chi connectivity index (χ4v) is 13.3. The van der Waals surface area contributed by atoms with E-state index in [0.717, 1.165) is 0 Å². The van der Waals surface area contributed by atoms with Gasteiger partial charge in [-0.3, -0.25) is 24.8 Å². The van der Waals surface area contributed by atoms with Crippen molar-refractivity contribution < 1.29 is 67.2 Å². The highest BCUT2D eigenvalue weighted by Gasteiger charge is 2.31. The normalized spacial score (nSPS) is 10.9. The number of aromatic carboxylic acids is 1. The van der Waals surface area contributed by atoms with E-state index in [0.29, 0.717) is 80.0 Å². The molecule has 656 valence electrons. The zero-order valence-corrected chi connectivity index (χ0v) is 78.8.